The van der Waals surface area contributed by atoms with Crippen molar-refractivity contribution in [2.45, 2.75) is 5.41 Å². The highest BCUT2D eigenvalue weighted by Crippen LogP contribution is 2.63. The molecule has 2 aliphatic rings. The van der Waals surface area contributed by atoms with Gasteiger partial charge >= 0.3 is 0 Å². The lowest BCUT2D eigenvalue weighted by Crippen LogP contribution is -2.25. The summed E-state index contributed by atoms with van der Waals surface area (Å²) in [6.45, 7) is 0. The van der Waals surface area contributed by atoms with Crippen LogP contribution in [0.3, 0.4) is 0 Å². The lowest BCUT2D eigenvalue weighted by molar-refractivity contribution is 0.794. The van der Waals surface area contributed by atoms with Gasteiger partial charge in [-0.05, 0) is 123 Å². The van der Waals surface area contributed by atoms with Crippen molar-refractivity contribution >= 4 is 49.9 Å². The Morgan fingerprint density at radius 3 is 1.31 bits per heavy atom. The molecule has 0 unspecified atom stereocenters. The Kier molecular flexibility index (Phi) is 8.16. The van der Waals surface area contributed by atoms with Crippen molar-refractivity contribution in [3.05, 3.63) is 265 Å². The standard InChI is InChI=1S/C63H40N4/c1-2-16-43(17-3-1)66(45-35-37-46(38-36-45)67-59-28-14-7-21-51(59)52-22-8-15-29-60(52)67)44-33-30-41(31-34-44)61-62(65-58-27-13-12-26-57(58)64-61)42-32-39-50-49-20-6-11-25-55(49)63(56(50)40-42)53-23-9-4-18-47(53)48-19-5-10-24-54(48)63/h1-40H. The number of aromatic nitrogens is 3. The van der Waals surface area contributed by atoms with Crippen LogP contribution in [0, 0.1) is 0 Å². The minimum atomic E-state index is -0.455. The molecule has 0 fully saturated rings. The van der Waals surface area contributed by atoms with Crippen LogP contribution in [0.4, 0.5) is 17.1 Å². The molecule has 2 heterocycles. The molecule has 14 rings (SSSR count). The fourth-order valence-corrected chi connectivity index (χ4v) is 11.4. The maximum atomic E-state index is 5.45. The maximum absolute atomic E-state index is 5.45. The van der Waals surface area contributed by atoms with Gasteiger partial charge in [-0.1, -0.05) is 164 Å². The molecule has 312 valence electrons. The molecule has 2 aromatic heterocycles. The van der Waals surface area contributed by atoms with Crippen LogP contribution in [-0.4, -0.2) is 14.5 Å². The number of rotatable bonds is 6. The largest absolute Gasteiger partial charge is 0.311 e. The molecular formula is C63H40N4. The predicted octanol–water partition coefficient (Wildman–Crippen LogP) is 15.9. The summed E-state index contributed by atoms with van der Waals surface area (Å²) < 4.78 is 2.36. The van der Waals surface area contributed by atoms with Gasteiger partial charge in [-0.2, -0.15) is 0 Å². The summed E-state index contributed by atoms with van der Waals surface area (Å²) in [5.74, 6) is 0. The van der Waals surface area contributed by atoms with Gasteiger partial charge in [0.05, 0.1) is 38.9 Å². The molecule has 12 aromatic rings. The second-order valence-corrected chi connectivity index (χ2v) is 17.7. The summed E-state index contributed by atoms with van der Waals surface area (Å²) in [4.78, 5) is 13.2. The summed E-state index contributed by atoms with van der Waals surface area (Å²) >= 11 is 0. The zero-order valence-corrected chi connectivity index (χ0v) is 36.4. The molecular weight excluding hydrogens is 813 g/mol. The van der Waals surface area contributed by atoms with Crippen molar-refractivity contribution in [1.82, 2.24) is 14.5 Å². The van der Waals surface area contributed by atoms with Crippen molar-refractivity contribution in [2.75, 3.05) is 4.90 Å². The lowest BCUT2D eigenvalue weighted by atomic mass is 9.70. The second kappa shape index (κ2) is 14.6. The van der Waals surface area contributed by atoms with E-state index in [0.717, 1.165) is 56.3 Å². The Morgan fingerprint density at radius 2 is 0.746 bits per heavy atom. The number of nitrogens with zero attached hydrogens (tertiary/aromatic N) is 4. The topological polar surface area (TPSA) is 34.0 Å². The zero-order valence-electron chi connectivity index (χ0n) is 36.4. The van der Waals surface area contributed by atoms with Gasteiger partial charge in [-0.15, -0.1) is 0 Å². The van der Waals surface area contributed by atoms with E-state index in [2.05, 4.69) is 240 Å². The van der Waals surface area contributed by atoms with Crippen LogP contribution in [0.1, 0.15) is 22.3 Å². The van der Waals surface area contributed by atoms with Crippen LogP contribution < -0.4 is 4.90 Å². The Bertz CT molecular complexity index is 3810. The van der Waals surface area contributed by atoms with Crippen LogP contribution in [0.2, 0.25) is 0 Å². The first-order chi connectivity index (χ1) is 33.2. The highest BCUT2D eigenvalue weighted by atomic mass is 15.1. The molecule has 0 atom stereocenters. The normalized spacial score (nSPS) is 12.9. The molecule has 0 saturated heterocycles. The molecule has 67 heavy (non-hydrogen) atoms. The van der Waals surface area contributed by atoms with E-state index in [0.29, 0.717) is 0 Å². The third-order valence-electron chi connectivity index (χ3n) is 14.2. The van der Waals surface area contributed by atoms with Crippen LogP contribution >= 0.6 is 0 Å². The van der Waals surface area contributed by atoms with Crippen molar-refractivity contribution in [3.63, 3.8) is 0 Å². The summed E-state index contributed by atoms with van der Waals surface area (Å²) in [5, 5.41) is 2.51. The van der Waals surface area contributed by atoms with Crippen LogP contribution in [0.15, 0.2) is 243 Å². The fourth-order valence-electron chi connectivity index (χ4n) is 11.4. The number of benzene rings is 10. The van der Waals surface area contributed by atoms with E-state index in [-0.39, 0.29) is 0 Å². The van der Waals surface area contributed by atoms with Crippen LogP contribution in [-0.2, 0) is 5.41 Å². The van der Waals surface area contributed by atoms with Gasteiger partial charge in [0.2, 0.25) is 0 Å². The molecule has 0 saturated carbocycles. The minimum absolute atomic E-state index is 0.455. The number of anilines is 3. The SMILES string of the molecule is c1ccc(N(c2ccc(-c3nc4ccccc4nc3-c3ccc4c(c3)C3(c5ccccc5-c5ccccc53)c3ccccc3-4)cc2)c2ccc(-n3c4ccccc4c4ccccc43)cc2)cc1. The van der Waals surface area contributed by atoms with E-state index in [4.69, 9.17) is 9.97 Å². The van der Waals surface area contributed by atoms with Crippen molar-refractivity contribution in [2.24, 2.45) is 0 Å². The first kappa shape index (κ1) is 37.5. The molecule has 0 aliphatic heterocycles. The number of hydrogen-bond donors (Lipinski definition) is 0. The van der Waals surface area contributed by atoms with E-state index >= 15 is 0 Å². The Balaban J connectivity index is 0.898. The molecule has 10 aromatic carbocycles. The third-order valence-corrected chi connectivity index (χ3v) is 14.2. The van der Waals surface area contributed by atoms with E-state index in [1.54, 1.807) is 0 Å². The summed E-state index contributed by atoms with van der Waals surface area (Å²) in [7, 11) is 0. The average Bonchev–Trinajstić information content (AvgIpc) is 4.01. The quantitative estimate of drug-likeness (QED) is 0.167. The molecule has 2 aliphatic carbocycles. The van der Waals surface area contributed by atoms with Crippen LogP contribution in [0.25, 0.3) is 83.3 Å². The predicted molar refractivity (Wildman–Crippen MR) is 276 cm³/mol. The van der Waals surface area contributed by atoms with E-state index < -0.39 is 5.41 Å². The van der Waals surface area contributed by atoms with Gasteiger partial charge in [0.1, 0.15) is 0 Å². The average molecular weight is 853 g/mol. The number of para-hydroxylation sites is 5. The van der Waals surface area contributed by atoms with Gasteiger partial charge in [-0.25, -0.2) is 9.97 Å². The van der Waals surface area contributed by atoms with Gasteiger partial charge in [0, 0.05) is 44.6 Å². The lowest BCUT2D eigenvalue weighted by Gasteiger charge is -2.30. The van der Waals surface area contributed by atoms with Gasteiger partial charge < -0.3 is 9.47 Å². The molecule has 0 bridgehead atoms. The maximum Gasteiger partial charge on any atom is 0.0973 e. The molecule has 0 radical (unpaired) electrons. The van der Waals surface area contributed by atoms with Crippen molar-refractivity contribution in [3.8, 4) is 50.5 Å². The first-order valence-corrected chi connectivity index (χ1v) is 23.0. The second-order valence-electron chi connectivity index (χ2n) is 17.7. The zero-order chi connectivity index (χ0) is 44.1. The van der Waals surface area contributed by atoms with Crippen molar-refractivity contribution in [1.29, 1.82) is 0 Å². The minimum Gasteiger partial charge on any atom is -0.311 e. The smallest absolute Gasteiger partial charge is 0.0973 e. The Morgan fingerprint density at radius 1 is 0.328 bits per heavy atom. The molecule has 0 amide bonds. The fraction of sp³-hybridized carbons (Fsp3) is 0.0159. The third kappa shape index (κ3) is 5.47. The van der Waals surface area contributed by atoms with Crippen molar-refractivity contribution < 1.29 is 0 Å². The molecule has 1 spiro atoms. The van der Waals surface area contributed by atoms with E-state index in [1.165, 1.54) is 66.3 Å². The Hall–Kier alpha value is -8.86. The van der Waals surface area contributed by atoms with Gasteiger partial charge in [0.15, 0.2) is 0 Å². The Labute approximate surface area is 388 Å². The summed E-state index contributed by atoms with van der Waals surface area (Å²) in [5.41, 5.74) is 22.1. The van der Waals surface area contributed by atoms with Crippen LogP contribution in [0.5, 0.6) is 0 Å². The first-order valence-electron chi connectivity index (χ1n) is 23.0. The molecule has 4 nitrogen and oxygen atoms in total. The van der Waals surface area contributed by atoms with E-state index in [9.17, 15) is 0 Å². The van der Waals surface area contributed by atoms with E-state index in [1.807, 2.05) is 12.1 Å². The van der Waals surface area contributed by atoms with Gasteiger partial charge in [0.25, 0.3) is 0 Å². The number of hydrogen-bond acceptors (Lipinski definition) is 3. The van der Waals surface area contributed by atoms with Gasteiger partial charge in [-0.3, -0.25) is 0 Å². The number of fused-ring (bicyclic) bond motifs is 14. The molecule has 4 heteroatoms. The highest BCUT2D eigenvalue weighted by molar-refractivity contribution is 6.09. The summed E-state index contributed by atoms with van der Waals surface area (Å²) in [6.07, 6.45) is 0. The molecule has 0 N–H and O–H groups in total. The monoisotopic (exact) mass is 852 g/mol. The highest BCUT2D eigenvalue weighted by Gasteiger charge is 2.51. The summed E-state index contributed by atoms with van der Waals surface area (Å²) in [6, 6.07) is 87.8.